The average molecular weight is 363 g/mol. The van der Waals surface area contributed by atoms with Gasteiger partial charge in [0, 0.05) is 12.6 Å². The maximum atomic E-state index is 13.4. The lowest BCUT2D eigenvalue weighted by atomic mass is 10.1. The Hall–Kier alpha value is -1.54. The van der Waals surface area contributed by atoms with Crippen molar-refractivity contribution in [3.8, 4) is 0 Å². The number of hydrogen-bond donors (Lipinski definition) is 1. The molecule has 0 aromatic heterocycles. The third kappa shape index (κ3) is 5.39. The number of carbonyl (C=O) groups excluding carboxylic acids is 1. The summed E-state index contributed by atoms with van der Waals surface area (Å²) >= 11 is 2.98. The molecule has 1 aromatic rings. The number of nitro groups is 1. The lowest BCUT2D eigenvalue weighted by Crippen LogP contribution is -2.31. The molecular formula is C13H16BrFN2O4. The standard InChI is InChI=1S/C13H16BrFN2O4/c1-13(2,3)21-11(18)7-16-6-8-10(17(19)20)5-4-9(15)12(8)14/h4-5,16H,6-7H2,1-3H3. The molecule has 0 heterocycles. The van der Waals surface area contributed by atoms with Crippen LogP contribution in [0, 0.1) is 15.9 Å². The second kappa shape index (κ2) is 6.95. The van der Waals surface area contributed by atoms with Gasteiger partial charge in [0.2, 0.25) is 0 Å². The SMILES string of the molecule is CC(C)(C)OC(=O)CNCc1c([N+](=O)[O-])ccc(F)c1Br. The molecule has 0 aliphatic heterocycles. The molecule has 21 heavy (non-hydrogen) atoms. The number of halogens is 2. The molecule has 0 fully saturated rings. The molecule has 116 valence electrons. The second-order valence-corrected chi connectivity index (χ2v) is 6.10. The van der Waals surface area contributed by atoms with Gasteiger partial charge in [0.25, 0.3) is 5.69 Å². The quantitative estimate of drug-likeness (QED) is 0.494. The molecule has 8 heteroatoms. The third-order valence-corrected chi connectivity index (χ3v) is 3.22. The first-order valence-corrected chi connectivity index (χ1v) is 6.95. The normalized spacial score (nSPS) is 11.3. The highest BCUT2D eigenvalue weighted by Crippen LogP contribution is 2.29. The predicted octanol–water partition coefficient (Wildman–Crippen LogP) is 2.93. The maximum absolute atomic E-state index is 13.4. The number of nitro benzene ring substituents is 1. The summed E-state index contributed by atoms with van der Waals surface area (Å²) in [4.78, 5) is 21.8. The highest BCUT2D eigenvalue weighted by Gasteiger charge is 2.20. The van der Waals surface area contributed by atoms with E-state index in [0.29, 0.717) is 0 Å². The number of hydrogen-bond acceptors (Lipinski definition) is 5. The van der Waals surface area contributed by atoms with Crippen molar-refractivity contribution >= 4 is 27.6 Å². The van der Waals surface area contributed by atoms with Gasteiger partial charge < -0.3 is 10.1 Å². The Morgan fingerprint density at radius 1 is 1.48 bits per heavy atom. The summed E-state index contributed by atoms with van der Waals surface area (Å²) in [6.07, 6.45) is 0. The largest absolute Gasteiger partial charge is 0.459 e. The molecule has 0 saturated heterocycles. The first-order chi connectivity index (χ1) is 9.61. The van der Waals surface area contributed by atoms with Gasteiger partial charge in [0.05, 0.1) is 21.5 Å². The second-order valence-electron chi connectivity index (χ2n) is 5.31. The number of nitrogens with zero attached hydrogens (tertiary/aromatic N) is 1. The van der Waals surface area contributed by atoms with Crippen LogP contribution in [0.4, 0.5) is 10.1 Å². The van der Waals surface area contributed by atoms with Gasteiger partial charge in [0.1, 0.15) is 11.4 Å². The highest BCUT2D eigenvalue weighted by atomic mass is 79.9. The van der Waals surface area contributed by atoms with Crippen LogP contribution in [0.1, 0.15) is 26.3 Å². The van der Waals surface area contributed by atoms with Crippen LogP contribution in [-0.4, -0.2) is 23.0 Å². The molecule has 0 aliphatic carbocycles. The number of ether oxygens (including phenoxy) is 1. The fourth-order valence-corrected chi connectivity index (χ4v) is 2.06. The third-order valence-electron chi connectivity index (χ3n) is 2.36. The van der Waals surface area contributed by atoms with E-state index >= 15 is 0 Å². The van der Waals surface area contributed by atoms with E-state index in [4.69, 9.17) is 4.74 Å². The van der Waals surface area contributed by atoms with Gasteiger partial charge in [0.15, 0.2) is 0 Å². The van der Waals surface area contributed by atoms with E-state index in [1.807, 2.05) is 0 Å². The molecule has 0 atom stereocenters. The van der Waals surface area contributed by atoms with Gasteiger partial charge in [-0.05, 0) is 42.8 Å². The molecular weight excluding hydrogens is 347 g/mol. The summed E-state index contributed by atoms with van der Waals surface area (Å²) in [6.45, 7) is 5.04. The molecule has 0 aliphatic rings. The van der Waals surface area contributed by atoms with Crippen molar-refractivity contribution in [3.63, 3.8) is 0 Å². The molecule has 0 radical (unpaired) electrons. The van der Waals surface area contributed by atoms with Crippen molar-refractivity contribution in [2.75, 3.05) is 6.54 Å². The van der Waals surface area contributed by atoms with Crippen molar-refractivity contribution in [1.29, 1.82) is 0 Å². The molecule has 6 nitrogen and oxygen atoms in total. The van der Waals surface area contributed by atoms with E-state index in [1.54, 1.807) is 20.8 Å². The van der Waals surface area contributed by atoms with E-state index in [9.17, 15) is 19.3 Å². The summed E-state index contributed by atoms with van der Waals surface area (Å²) in [6, 6.07) is 2.10. The van der Waals surface area contributed by atoms with Crippen molar-refractivity contribution in [2.45, 2.75) is 32.9 Å². The highest BCUT2D eigenvalue weighted by molar-refractivity contribution is 9.10. The van der Waals surface area contributed by atoms with Crippen molar-refractivity contribution < 1.29 is 18.8 Å². The molecule has 1 aromatic carbocycles. The van der Waals surface area contributed by atoms with Crippen molar-refractivity contribution in [3.05, 3.63) is 38.1 Å². The zero-order valence-corrected chi connectivity index (χ0v) is 13.5. The van der Waals surface area contributed by atoms with Gasteiger partial charge in [-0.25, -0.2) is 4.39 Å². The summed E-state index contributed by atoms with van der Waals surface area (Å²) < 4.78 is 18.5. The molecule has 0 spiro atoms. The fourth-order valence-electron chi connectivity index (χ4n) is 1.59. The minimum atomic E-state index is -0.607. The minimum absolute atomic E-state index is 0.00777. The number of carbonyl (C=O) groups is 1. The van der Waals surface area contributed by atoms with Crippen molar-refractivity contribution in [1.82, 2.24) is 5.32 Å². The smallest absolute Gasteiger partial charge is 0.320 e. The summed E-state index contributed by atoms with van der Waals surface area (Å²) in [5, 5.41) is 13.6. The number of esters is 1. The average Bonchev–Trinajstić information content (AvgIpc) is 2.31. The van der Waals surface area contributed by atoms with Crippen LogP contribution in [-0.2, 0) is 16.1 Å². The van der Waals surface area contributed by atoms with E-state index < -0.39 is 22.3 Å². The molecule has 0 amide bonds. The lowest BCUT2D eigenvalue weighted by Gasteiger charge is -2.19. The van der Waals surface area contributed by atoms with Crippen LogP contribution in [0.5, 0.6) is 0 Å². The molecule has 1 rings (SSSR count). The van der Waals surface area contributed by atoms with Gasteiger partial charge in [-0.1, -0.05) is 0 Å². The lowest BCUT2D eigenvalue weighted by molar-refractivity contribution is -0.385. The monoisotopic (exact) mass is 362 g/mol. The van der Waals surface area contributed by atoms with Crippen LogP contribution in [0.15, 0.2) is 16.6 Å². The Bertz CT molecular complexity index is 558. The Morgan fingerprint density at radius 3 is 2.62 bits per heavy atom. The van der Waals surface area contributed by atoms with E-state index in [0.717, 1.165) is 12.1 Å². The molecule has 0 bridgehead atoms. The summed E-state index contributed by atoms with van der Waals surface area (Å²) in [5.74, 6) is -1.09. The number of nitrogens with one attached hydrogen (secondary N) is 1. The van der Waals surface area contributed by atoms with Gasteiger partial charge >= 0.3 is 5.97 Å². The van der Waals surface area contributed by atoms with Crippen molar-refractivity contribution in [2.24, 2.45) is 0 Å². The first-order valence-electron chi connectivity index (χ1n) is 6.15. The molecule has 0 unspecified atom stereocenters. The van der Waals surface area contributed by atoms with E-state index in [-0.39, 0.29) is 28.8 Å². The fraction of sp³-hybridized carbons (Fsp3) is 0.462. The number of rotatable bonds is 5. The van der Waals surface area contributed by atoms with Gasteiger partial charge in [-0.3, -0.25) is 14.9 Å². The first kappa shape index (κ1) is 17.5. The summed E-state index contributed by atoms with van der Waals surface area (Å²) in [7, 11) is 0. The predicted molar refractivity (Wildman–Crippen MR) is 78.3 cm³/mol. The van der Waals surface area contributed by atoms with Gasteiger partial charge in [-0.15, -0.1) is 0 Å². The number of benzene rings is 1. The van der Waals surface area contributed by atoms with E-state index in [2.05, 4.69) is 21.2 Å². The zero-order chi connectivity index (χ0) is 16.2. The molecule has 0 saturated carbocycles. The maximum Gasteiger partial charge on any atom is 0.320 e. The molecule has 1 N–H and O–H groups in total. The zero-order valence-electron chi connectivity index (χ0n) is 11.9. The minimum Gasteiger partial charge on any atom is -0.459 e. The Labute approximate surface area is 129 Å². The Kier molecular flexibility index (Phi) is 5.79. The Morgan fingerprint density at radius 2 is 2.10 bits per heavy atom. The Balaban J connectivity index is 2.74. The van der Waals surface area contributed by atoms with E-state index in [1.165, 1.54) is 0 Å². The van der Waals surface area contributed by atoms with Crippen LogP contribution in [0.2, 0.25) is 0 Å². The topological polar surface area (TPSA) is 81.5 Å². The van der Waals surface area contributed by atoms with Crippen LogP contribution in [0.25, 0.3) is 0 Å². The van der Waals surface area contributed by atoms with Crippen LogP contribution in [0.3, 0.4) is 0 Å². The van der Waals surface area contributed by atoms with Gasteiger partial charge in [-0.2, -0.15) is 0 Å². The van der Waals surface area contributed by atoms with Crippen LogP contribution >= 0.6 is 15.9 Å². The van der Waals surface area contributed by atoms with Crippen LogP contribution < -0.4 is 5.32 Å². The summed E-state index contributed by atoms with van der Waals surface area (Å²) in [5.41, 5.74) is -0.687.